The first kappa shape index (κ1) is 11.6. The highest BCUT2D eigenvalue weighted by atomic mass is 79.9. The predicted octanol–water partition coefficient (Wildman–Crippen LogP) is 2.38. The number of nitrogens with one attached hydrogen (secondary N) is 2. The monoisotopic (exact) mass is 285 g/mol. The summed E-state index contributed by atoms with van der Waals surface area (Å²) in [7, 11) is 0. The summed E-state index contributed by atoms with van der Waals surface area (Å²) in [5.74, 6) is 0.675. The molecule has 0 aromatic carbocycles. The van der Waals surface area contributed by atoms with E-state index >= 15 is 0 Å². The fourth-order valence-corrected chi connectivity index (χ4v) is 2.23. The summed E-state index contributed by atoms with van der Waals surface area (Å²) in [4.78, 5) is 11.3. The number of H-pyrrole nitrogens is 1. The van der Waals surface area contributed by atoms with Crippen LogP contribution in [0.2, 0.25) is 0 Å². The lowest BCUT2D eigenvalue weighted by atomic mass is 9.92. The van der Waals surface area contributed by atoms with Crippen LogP contribution >= 0.6 is 15.9 Å². The van der Waals surface area contributed by atoms with Gasteiger partial charge in [0.1, 0.15) is 4.47 Å². The minimum Gasteiger partial charge on any atom is -0.382 e. The molecule has 1 saturated carbocycles. The third-order valence-electron chi connectivity index (χ3n) is 3.54. The highest BCUT2D eigenvalue weighted by Gasteiger charge is 2.44. The van der Waals surface area contributed by atoms with Crippen LogP contribution in [0.3, 0.4) is 0 Å². The molecule has 1 aliphatic rings. The van der Waals surface area contributed by atoms with E-state index in [1.165, 1.54) is 12.8 Å². The summed E-state index contributed by atoms with van der Waals surface area (Å²) in [5.41, 5.74) is 0.997. The Labute approximate surface area is 103 Å². The molecule has 5 heteroatoms. The van der Waals surface area contributed by atoms with E-state index in [9.17, 15) is 4.79 Å². The summed E-state index contributed by atoms with van der Waals surface area (Å²) < 4.78 is 0.530. The van der Waals surface area contributed by atoms with E-state index in [1.807, 2.05) is 0 Å². The predicted molar refractivity (Wildman–Crippen MR) is 67.6 cm³/mol. The molecule has 2 rings (SSSR count). The van der Waals surface area contributed by atoms with Gasteiger partial charge in [-0.15, -0.1) is 0 Å². The second-order valence-corrected chi connectivity index (χ2v) is 5.59. The number of halogens is 1. The molecule has 88 valence electrons. The van der Waals surface area contributed by atoms with Gasteiger partial charge in [0.2, 0.25) is 0 Å². The Balaban J connectivity index is 2.06. The molecule has 1 aromatic rings. The van der Waals surface area contributed by atoms with Gasteiger partial charge in [0, 0.05) is 6.54 Å². The van der Waals surface area contributed by atoms with Crippen LogP contribution in [-0.4, -0.2) is 16.7 Å². The SMILES string of the molecule is CC(C)C1(CNc2cn[nH]c(=O)c2Br)CC1. The van der Waals surface area contributed by atoms with E-state index in [0.29, 0.717) is 15.8 Å². The first-order valence-electron chi connectivity index (χ1n) is 5.52. The molecule has 0 saturated heterocycles. The Morgan fingerprint density at radius 1 is 1.62 bits per heavy atom. The lowest BCUT2D eigenvalue weighted by Crippen LogP contribution is -2.22. The standard InChI is InChI=1S/C11H16BrN3O/c1-7(2)11(3-4-11)6-13-8-5-14-15-10(16)9(8)12/h5,7H,3-4,6H2,1-2H3,(H2,13,15,16). The van der Waals surface area contributed by atoms with Gasteiger partial charge in [-0.3, -0.25) is 4.79 Å². The van der Waals surface area contributed by atoms with Crippen LogP contribution in [0.1, 0.15) is 26.7 Å². The molecule has 1 heterocycles. The maximum absolute atomic E-state index is 11.3. The number of nitrogens with zero attached hydrogens (tertiary/aromatic N) is 1. The smallest absolute Gasteiger partial charge is 0.280 e. The quantitative estimate of drug-likeness (QED) is 0.893. The number of anilines is 1. The molecule has 1 aliphatic carbocycles. The number of aromatic amines is 1. The van der Waals surface area contributed by atoms with Crippen LogP contribution in [0.4, 0.5) is 5.69 Å². The molecule has 0 amide bonds. The lowest BCUT2D eigenvalue weighted by molar-refractivity contribution is 0.380. The van der Waals surface area contributed by atoms with Gasteiger partial charge >= 0.3 is 0 Å². The fraction of sp³-hybridized carbons (Fsp3) is 0.636. The van der Waals surface area contributed by atoms with Crippen molar-refractivity contribution in [1.82, 2.24) is 10.2 Å². The molecule has 2 N–H and O–H groups in total. The van der Waals surface area contributed by atoms with E-state index < -0.39 is 0 Å². The third-order valence-corrected chi connectivity index (χ3v) is 4.33. The molecule has 1 aromatic heterocycles. The van der Waals surface area contributed by atoms with Crippen molar-refractivity contribution in [3.8, 4) is 0 Å². The second-order valence-electron chi connectivity index (χ2n) is 4.80. The van der Waals surface area contributed by atoms with Gasteiger partial charge < -0.3 is 5.32 Å². The first-order valence-corrected chi connectivity index (χ1v) is 6.31. The van der Waals surface area contributed by atoms with Crippen LogP contribution < -0.4 is 10.9 Å². The number of hydrogen-bond acceptors (Lipinski definition) is 3. The van der Waals surface area contributed by atoms with Crippen LogP contribution in [-0.2, 0) is 0 Å². The Kier molecular flexibility index (Phi) is 3.06. The average molecular weight is 286 g/mol. The van der Waals surface area contributed by atoms with Crippen molar-refractivity contribution in [3.63, 3.8) is 0 Å². The highest BCUT2D eigenvalue weighted by molar-refractivity contribution is 9.10. The molecule has 0 spiro atoms. The van der Waals surface area contributed by atoms with Gasteiger partial charge in [0.05, 0.1) is 11.9 Å². The number of hydrogen-bond donors (Lipinski definition) is 2. The molecule has 16 heavy (non-hydrogen) atoms. The van der Waals surface area contributed by atoms with Crippen molar-refractivity contribution >= 4 is 21.6 Å². The van der Waals surface area contributed by atoms with Crippen molar-refractivity contribution in [3.05, 3.63) is 21.0 Å². The van der Waals surface area contributed by atoms with Crippen LogP contribution in [0.15, 0.2) is 15.5 Å². The van der Waals surface area contributed by atoms with E-state index in [1.54, 1.807) is 6.20 Å². The van der Waals surface area contributed by atoms with Gasteiger partial charge in [-0.2, -0.15) is 5.10 Å². The Morgan fingerprint density at radius 2 is 2.31 bits per heavy atom. The summed E-state index contributed by atoms with van der Waals surface area (Å²) in [6, 6.07) is 0. The average Bonchev–Trinajstić information content (AvgIpc) is 3.01. The molecular weight excluding hydrogens is 270 g/mol. The van der Waals surface area contributed by atoms with Crippen LogP contribution in [0.25, 0.3) is 0 Å². The van der Waals surface area contributed by atoms with Crippen molar-refractivity contribution < 1.29 is 0 Å². The van der Waals surface area contributed by atoms with E-state index in [4.69, 9.17) is 0 Å². The number of aromatic nitrogens is 2. The number of rotatable bonds is 4. The zero-order valence-electron chi connectivity index (χ0n) is 9.51. The van der Waals surface area contributed by atoms with Crippen molar-refractivity contribution in [2.75, 3.05) is 11.9 Å². The molecule has 0 bridgehead atoms. The molecular formula is C11H16BrN3O. The molecule has 4 nitrogen and oxygen atoms in total. The molecule has 0 radical (unpaired) electrons. The third kappa shape index (κ3) is 2.14. The Bertz CT molecular complexity index is 437. The molecule has 1 fully saturated rings. The minimum atomic E-state index is -0.195. The minimum absolute atomic E-state index is 0.195. The summed E-state index contributed by atoms with van der Waals surface area (Å²) >= 11 is 3.26. The maximum atomic E-state index is 11.3. The van der Waals surface area contributed by atoms with Gasteiger partial charge in [0.15, 0.2) is 0 Å². The van der Waals surface area contributed by atoms with Gasteiger partial charge in [-0.05, 0) is 40.1 Å². The fourth-order valence-electron chi connectivity index (χ4n) is 1.90. The van der Waals surface area contributed by atoms with Crippen LogP contribution in [0.5, 0.6) is 0 Å². The molecule has 0 aliphatic heterocycles. The van der Waals surface area contributed by atoms with E-state index in [-0.39, 0.29) is 5.56 Å². The highest BCUT2D eigenvalue weighted by Crippen LogP contribution is 2.51. The maximum Gasteiger partial charge on any atom is 0.280 e. The largest absolute Gasteiger partial charge is 0.382 e. The Morgan fingerprint density at radius 3 is 2.88 bits per heavy atom. The second kappa shape index (κ2) is 4.20. The summed E-state index contributed by atoms with van der Waals surface area (Å²) in [5, 5.41) is 9.47. The van der Waals surface area contributed by atoms with Crippen molar-refractivity contribution in [2.45, 2.75) is 26.7 Å². The van der Waals surface area contributed by atoms with E-state index in [2.05, 4.69) is 45.3 Å². The van der Waals surface area contributed by atoms with Gasteiger partial charge in [-0.25, -0.2) is 5.10 Å². The lowest BCUT2D eigenvalue weighted by Gasteiger charge is -2.20. The zero-order valence-corrected chi connectivity index (χ0v) is 11.1. The van der Waals surface area contributed by atoms with Crippen LogP contribution in [0, 0.1) is 11.3 Å². The topological polar surface area (TPSA) is 57.8 Å². The van der Waals surface area contributed by atoms with Gasteiger partial charge in [0.25, 0.3) is 5.56 Å². The molecule has 0 unspecified atom stereocenters. The molecule has 0 atom stereocenters. The first-order chi connectivity index (χ1) is 7.55. The van der Waals surface area contributed by atoms with Crippen molar-refractivity contribution in [2.24, 2.45) is 11.3 Å². The van der Waals surface area contributed by atoms with E-state index in [0.717, 1.165) is 12.2 Å². The van der Waals surface area contributed by atoms with Gasteiger partial charge in [-0.1, -0.05) is 13.8 Å². The summed E-state index contributed by atoms with van der Waals surface area (Å²) in [6.07, 6.45) is 4.18. The normalized spacial score (nSPS) is 17.5. The van der Waals surface area contributed by atoms with Crippen molar-refractivity contribution in [1.29, 1.82) is 0 Å². The zero-order chi connectivity index (χ0) is 11.8. The Hall–Kier alpha value is -0.840. The summed E-state index contributed by atoms with van der Waals surface area (Å²) in [6.45, 7) is 5.41.